The topological polar surface area (TPSA) is 95.7 Å². The van der Waals surface area contributed by atoms with Gasteiger partial charge in [0.05, 0.1) is 30.3 Å². The number of pyridine rings is 1. The van der Waals surface area contributed by atoms with E-state index in [1.54, 1.807) is 36.1 Å². The maximum Gasteiger partial charge on any atom is 0.335 e. The molecule has 5 aromatic rings. The number of aromatic carboxylic acids is 1. The third-order valence-corrected chi connectivity index (χ3v) is 6.96. The lowest BCUT2D eigenvalue weighted by Crippen LogP contribution is -2.11. The Morgan fingerprint density at radius 3 is 2.43 bits per heavy atom. The van der Waals surface area contributed by atoms with Gasteiger partial charge in [0.25, 0.3) is 0 Å². The predicted molar refractivity (Wildman–Crippen MR) is 164 cm³/mol. The Kier molecular flexibility index (Phi) is 10.6. The summed E-state index contributed by atoms with van der Waals surface area (Å²) in [6.07, 6.45) is 1.40. The van der Waals surface area contributed by atoms with Gasteiger partial charge in [0, 0.05) is 43.0 Å². The van der Waals surface area contributed by atoms with Crippen LogP contribution in [0.5, 0.6) is 11.6 Å². The summed E-state index contributed by atoms with van der Waals surface area (Å²) in [5, 5.41) is 9.42. The van der Waals surface area contributed by atoms with Crippen molar-refractivity contribution in [2.45, 2.75) is 40.3 Å². The summed E-state index contributed by atoms with van der Waals surface area (Å²) < 4.78 is 49.5. The molecule has 8 nitrogen and oxygen atoms in total. The number of nitrogens with zero attached hydrogens (tertiary/aromatic N) is 3. The molecular weight excluding hydrogens is 568 g/mol. The molecular formula is C34H35F2N3O5. The number of carboxylic acids is 1. The lowest BCUT2D eigenvalue weighted by molar-refractivity contribution is 0.0697. The molecule has 0 fully saturated rings. The molecule has 2 heterocycles. The van der Waals surface area contributed by atoms with Crippen molar-refractivity contribution in [1.82, 2.24) is 14.5 Å². The van der Waals surface area contributed by atoms with Crippen molar-refractivity contribution >= 4 is 17.0 Å². The van der Waals surface area contributed by atoms with Gasteiger partial charge in [0.2, 0.25) is 5.88 Å². The van der Waals surface area contributed by atoms with Crippen LogP contribution in [0.4, 0.5) is 8.78 Å². The fourth-order valence-electron chi connectivity index (χ4n) is 4.80. The van der Waals surface area contributed by atoms with Crippen LogP contribution in [0.1, 0.15) is 46.7 Å². The lowest BCUT2D eigenvalue weighted by Gasteiger charge is -2.14. The standard InChI is InChI=1S/C32H29F2N3O5.C2H6/c1-19-6-7-21(29(13-19)41-3)18-42-31-23(5-4-10-35-31)22-14-25(33)24(26(34)15-22)17-30-36-27-9-8-20(32(38)39)16-28(27)37(30)11-12-40-2;1-2/h4-10,13-16H,11-12,17-18H2,1-3H3,(H,38,39);1-2H3. The number of hydrogen-bond donors (Lipinski definition) is 1. The molecule has 1 N–H and O–H groups in total. The molecule has 0 saturated heterocycles. The van der Waals surface area contributed by atoms with E-state index in [4.69, 9.17) is 14.2 Å². The van der Waals surface area contributed by atoms with Gasteiger partial charge in [-0.2, -0.15) is 0 Å². The second-order valence-electron chi connectivity index (χ2n) is 9.74. The van der Waals surface area contributed by atoms with Crippen LogP contribution in [0.2, 0.25) is 0 Å². The SMILES string of the molecule is CC.COCCn1c(Cc2c(F)cc(-c3cccnc3OCc3ccc(C)cc3OC)cc2F)nc2ccc(C(=O)O)cc21. The second kappa shape index (κ2) is 14.6. The van der Waals surface area contributed by atoms with E-state index in [1.165, 1.54) is 31.4 Å². The second-order valence-corrected chi connectivity index (χ2v) is 9.74. The molecule has 0 bridgehead atoms. The number of benzene rings is 3. The molecule has 0 atom stereocenters. The highest BCUT2D eigenvalue weighted by Gasteiger charge is 2.20. The fraction of sp³-hybridized carbons (Fsp3) is 0.265. The average Bonchev–Trinajstić information content (AvgIpc) is 3.38. The summed E-state index contributed by atoms with van der Waals surface area (Å²) in [7, 11) is 3.12. The van der Waals surface area contributed by atoms with E-state index in [0.717, 1.165) is 11.1 Å². The summed E-state index contributed by atoms with van der Waals surface area (Å²) in [6.45, 7) is 6.74. The minimum Gasteiger partial charge on any atom is -0.496 e. The number of aromatic nitrogens is 3. The average molecular weight is 604 g/mol. The zero-order valence-electron chi connectivity index (χ0n) is 25.4. The van der Waals surface area contributed by atoms with Gasteiger partial charge in [-0.1, -0.05) is 26.0 Å². The van der Waals surface area contributed by atoms with Gasteiger partial charge in [-0.15, -0.1) is 0 Å². The molecule has 0 amide bonds. The highest BCUT2D eigenvalue weighted by molar-refractivity contribution is 5.92. The third kappa shape index (κ3) is 7.03. The number of methoxy groups -OCH3 is 2. The monoisotopic (exact) mass is 603 g/mol. The molecule has 0 saturated carbocycles. The van der Waals surface area contributed by atoms with Crippen molar-refractivity contribution in [3.8, 4) is 22.8 Å². The molecule has 10 heteroatoms. The molecule has 0 aliphatic heterocycles. The van der Waals surface area contributed by atoms with Crippen molar-refractivity contribution in [2.24, 2.45) is 0 Å². The Morgan fingerprint density at radius 2 is 1.75 bits per heavy atom. The minimum atomic E-state index is -1.08. The Bertz CT molecular complexity index is 1750. The molecule has 0 aliphatic rings. The first kappa shape index (κ1) is 32.1. The van der Waals surface area contributed by atoms with Gasteiger partial charge in [0.1, 0.15) is 29.8 Å². The summed E-state index contributed by atoms with van der Waals surface area (Å²) >= 11 is 0. The minimum absolute atomic E-state index is 0.0876. The predicted octanol–water partition coefficient (Wildman–Crippen LogP) is 7.23. The van der Waals surface area contributed by atoms with Gasteiger partial charge < -0.3 is 23.9 Å². The van der Waals surface area contributed by atoms with Crippen LogP contribution in [0.15, 0.2) is 66.9 Å². The molecule has 0 unspecified atom stereocenters. The Balaban J connectivity index is 0.00000216. The Hall–Kier alpha value is -4.83. The van der Waals surface area contributed by atoms with E-state index >= 15 is 8.78 Å². The van der Waals surface area contributed by atoms with Crippen molar-refractivity contribution in [1.29, 1.82) is 0 Å². The molecule has 3 aromatic carbocycles. The van der Waals surface area contributed by atoms with Crippen molar-refractivity contribution in [3.05, 3.63) is 107 Å². The number of carboxylic acid groups (broad SMARTS) is 1. The number of aryl methyl sites for hydroxylation is 1. The van der Waals surface area contributed by atoms with Gasteiger partial charge in [-0.25, -0.2) is 23.5 Å². The van der Waals surface area contributed by atoms with Gasteiger partial charge in [-0.3, -0.25) is 0 Å². The smallest absolute Gasteiger partial charge is 0.335 e. The number of carbonyl (C=O) groups is 1. The number of fused-ring (bicyclic) bond motifs is 1. The number of rotatable bonds is 11. The molecule has 5 rings (SSSR count). The van der Waals surface area contributed by atoms with Gasteiger partial charge in [0.15, 0.2) is 0 Å². The molecule has 0 spiro atoms. The van der Waals surface area contributed by atoms with Crippen LogP contribution in [-0.4, -0.2) is 46.4 Å². The number of ether oxygens (including phenoxy) is 3. The van der Waals surface area contributed by atoms with Gasteiger partial charge >= 0.3 is 5.97 Å². The van der Waals surface area contributed by atoms with E-state index in [-0.39, 0.29) is 35.6 Å². The quantitative estimate of drug-likeness (QED) is 0.170. The fourth-order valence-corrected chi connectivity index (χ4v) is 4.80. The number of imidazole rings is 1. The van der Waals surface area contributed by atoms with Gasteiger partial charge in [-0.05, 0) is 66.6 Å². The van der Waals surface area contributed by atoms with E-state index in [0.29, 0.717) is 41.3 Å². The van der Waals surface area contributed by atoms with Crippen molar-refractivity contribution in [2.75, 3.05) is 20.8 Å². The zero-order chi connectivity index (χ0) is 31.8. The molecule has 0 aliphatic carbocycles. The number of halogens is 2. The summed E-state index contributed by atoms with van der Waals surface area (Å²) in [4.78, 5) is 20.4. The van der Waals surface area contributed by atoms with Crippen LogP contribution < -0.4 is 9.47 Å². The number of hydrogen-bond acceptors (Lipinski definition) is 6. The zero-order valence-corrected chi connectivity index (χ0v) is 25.4. The maximum absolute atomic E-state index is 15.6. The molecule has 230 valence electrons. The Labute approximate surface area is 254 Å². The first-order valence-corrected chi connectivity index (χ1v) is 14.2. The summed E-state index contributed by atoms with van der Waals surface area (Å²) in [5.74, 6) is -1.31. The Morgan fingerprint density at radius 1 is 1.00 bits per heavy atom. The highest BCUT2D eigenvalue weighted by Crippen LogP contribution is 2.33. The van der Waals surface area contributed by atoms with Crippen molar-refractivity contribution in [3.63, 3.8) is 0 Å². The first-order chi connectivity index (χ1) is 21.3. The van der Waals surface area contributed by atoms with E-state index in [2.05, 4.69) is 9.97 Å². The normalized spacial score (nSPS) is 10.8. The highest BCUT2D eigenvalue weighted by atomic mass is 19.1. The van der Waals surface area contributed by atoms with Crippen LogP contribution in [-0.2, 0) is 24.3 Å². The third-order valence-electron chi connectivity index (χ3n) is 6.96. The van der Waals surface area contributed by atoms with E-state index < -0.39 is 17.6 Å². The van der Waals surface area contributed by atoms with Crippen LogP contribution in [0.3, 0.4) is 0 Å². The summed E-state index contributed by atoms with van der Waals surface area (Å²) in [5.41, 5.74) is 3.53. The molecule has 44 heavy (non-hydrogen) atoms. The molecule has 2 aromatic heterocycles. The van der Waals surface area contributed by atoms with Crippen molar-refractivity contribution < 1.29 is 32.9 Å². The van der Waals surface area contributed by atoms with Crippen LogP contribution in [0, 0.1) is 18.6 Å². The maximum atomic E-state index is 15.6. The molecule has 0 radical (unpaired) electrons. The summed E-state index contributed by atoms with van der Waals surface area (Å²) in [6, 6.07) is 16.1. The first-order valence-electron chi connectivity index (χ1n) is 14.2. The lowest BCUT2D eigenvalue weighted by atomic mass is 10.0. The van der Waals surface area contributed by atoms with Crippen LogP contribution >= 0.6 is 0 Å². The van der Waals surface area contributed by atoms with E-state index in [1.807, 2.05) is 39.0 Å². The largest absolute Gasteiger partial charge is 0.496 e. The van der Waals surface area contributed by atoms with E-state index in [9.17, 15) is 9.90 Å². The van der Waals surface area contributed by atoms with Crippen LogP contribution in [0.25, 0.3) is 22.2 Å².